The molecule has 0 saturated heterocycles. The van der Waals surface area contributed by atoms with Gasteiger partial charge in [0.25, 0.3) is 0 Å². The van der Waals surface area contributed by atoms with Crippen LogP contribution in [0, 0.1) is 0 Å². The number of nitrogens with two attached hydrogens (primary N) is 1. The van der Waals surface area contributed by atoms with Gasteiger partial charge in [0, 0.05) is 11.3 Å². The molecule has 0 spiro atoms. The van der Waals surface area contributed by atoms with E-state index >= 15 is 0 Å². The second-order valence-corrected chi connectivity index (χ2v) is 1.55. The normalized spacial score (nSPS) is 10.5. The number of hydrogen-bond acceptors (Lipinski definition) is 1. The third-order valence-electron chi connectivity index (χ3n) is 1.01. The van der Waals surface area contributed by atoms with Crippen LogP contribution < -0.4 is 5.73 Å². The van der Waals surface area contributed by atoms with E-state index in [2.05, 4.69) is 12.3 Å². The van der Waals surface area contributed by atoms with Gasteiger partial charge in [-0.2, -0.15) is 0 Å². The van der Waals surface area contributed by atoms with Gasteiger partial charge in [0.2, 0.25) is 0 Å². The summed E-state index contributed by atoms with van der Waals surface area (Å²) in [6.07, 6.45) is 1.83. The topological polar surface area (TPSA) is 26.0 Å². The van der Waals surface area contributed by atoms with E-state index in [-0.39, 0.29) is 0 Å². The first-order valence-electron chi connectivity index (χ1n) is 2.51. The van der Waals surface area contributed by atoms with Crippen molar-refractivity contribution in [1.82, 2.24) is 0 Å². The molecule has 0 aliphatic heterocycles. The molecule has 0 rings (SSSR count). The van der Waals surface area contributed by atoms with Gasteiger partial charge in [0.15, 0.2) is 0 Å². The molecule has 0 aliphatic carbocycles. The molecule has 0 aliphatic rings. The highest BCUT2D eigenvalue weighted by molar-refractivity contribution is 5.23. The molecular weight excluding hydrogens is 98.1 g/mol. The molecule has 2 N–H and O–H groups in total. The van der Waals surface area contributed by atoms with E-state index in [1.54, 1.807) is 0 Å². The Morgan fingerprint density at radius 1 is 1.75 bits per heavy atom. The smallest absolute Gasteiger partial charge is 0.0378 e. The van der Waals surface area contributed by atoms with E-state index in [1.807, 2.05) is 19.9 Å². The molecular formula is C7H11N. The number of rotatable bonds is 1. The molecule has 8 heavy (non-hydrogen) atoms. The Bertz CT molecular complexity index is 148. The summed E-state index contributed by atoms with van der Waals surface area (Å²) in [7, 11) is 0. The lowest BCUT2D eigenvalue weighted by molar-refractivity contribution is 1.28. The second kappa shape index (κ2) is 3.11. The summed E-state index contributed by atoms with van der Waals surface area (Å²) >= 11 is 0. The Morgan fingerprint density at radius 2 is 2.25 bits per heavy atom. The summed E-state index contributed by atoms with van der Waals surface area (Å²) in [5, 5.41) is 0. The minimum atomic E-state index is 0.750. The van der Waals surface area contributed by atoms with Crippen molar-refractivity contribution in [3.8, 4) is 0 Å². The lowest BCUT2D eigenvalue weighted by Crippen LogP contribution is -1.95. The van der Waals surface area contributed by atoms with Gasteiger partial charge in [-0.15, -0.1) is 5.73 Å². The average Bonchev–Trinajstić information content (AvgIpc) is 1.84. The minimum Gasteiger partial charge on any atom is -0.398 e. The number of allylic oxidation sites excluding steroid dienone is 2. The Balaban J connectivity index is 4.27. The Hall–Kier alpha value is -0.940. The zero-order valence-corrected chi connectivity index (χ0v) is 5.36. The quantitative estimate of drug-likeness (QED) is 0.401. The van der Waals surface area contributed by atoms with Crippen LogP contribution in [0.1, 0.15) is 13.8 Å². The molecule has 1 nitrogen and oxygen atoms in total. The molecule has 0 bridgehead atoms. The van der Waals surface area contributed by atoms with E-state index in [1.165, 1.54) is 0 Å². The third-order valence-corrected chi connectivity index (χ3v) is 1.01. The summed E-state index contributed by atoms with van der Waals surface area (Å²) in [6, 6.07) is 0. The van der Waals surface area contributed by atoms with Crippen molar-refractivity contribution >= 4 is 0 Å². The molecule has 0 atom stereocenters. The fraction of sp³-hybridized carbons (Fsp3) is 0.286. The maximum Gasteiger partial charge on any atom is 0.0378 e. The summed E-state index contributed by atoms with van der Waals surface area (Å²) in [5.74, 6) is 0. The van der Waals surface area contributed by atoms with Crippen LogP contribution >= 0.6 is 0 Å². The first-order valence-corrected chi connectivity index (χ1v) is 2.51. The molecule has 0 aromatic rings. The van der Waals surface area contributed by atoms with Crippen molar-refractivity contribution in [2.24, 2.45) is 5.73 Å². The fourth-order valence-electron chi connectivity index (χ4n) is 0.319. The predicted octanol–water partition coefficient (Wildman–Crippen LogP) is 1.58. The van der Waals surface area contributed by atoms with Crippen LogP contribution in [0.5, 0.6) is 0 Å². The van der Waals surface area contributed by atoms with Crippen LogP contribution in [-0.4, -0.2) is 0 Å². The monoisotopic (exact) mass is 109 g/mol. The predicted molar refractivity (Wildman–Crippen MR) is 36.3 cm³/mol. The zero-order chi connectivity index (χ0) is 6.57. The van der Waals surface area contributed by atoms with Gasteiger partial charge < -0.3 is 5.73 Å². The van der Waals surface area contributed by atoms with E-state index < -0.39 is 0 Å². The maximum atomic E-state index is 5.45. The third kappa shape index (κ3) is 1.67. The van der Waals surface area contributed by atoms with E-state index in [0.717, 1.165) is 11.3 Å². The highest BCUT2D eigenvalue weighted by Gasteiger charge is 1.85. The van der Waals surface area contributed by atoms with Crippen molar-refractivity contribution in [3.05, 3.63) is 29.7 Å². The van der Waals surface area contributed by atoms with E-state index in [0.29, 0.717) is 0 Å². The van der Waals surface area contributed by atoms with Gasteiger partial charge in [-0.25, -0.2) is 0 Å². The van der Waals surface area contributed by atoms with Gasteiger partial charge in [0.1, 0.15) is 0 Å². The SMILES string of the molecule is C=C=C(C)C(N)=CC. The molecule has 1 heteroatoms. The highest BCUT2D eigenvalue weighted by Crippen LogP contribution is 1.97. The van der Waals surface area contributed by atoms with Crippen molar-refractivity contribution in [2.45, 2.75) is 13.8 Å². The van der Waals surface area contributed by atoms with Crippen molar-refractivity contribution < 1.29 is 0 Å². The Labute approximate surface area is 50.2 Å². The van der Waals surface area contributed by atoms with Crippen LogP contribution in [0.4, 0.5) is 0 Å². The van der Waals surface area contributed by atoms with Crippen LogP contribution in [0.25, 0.3) is 0 Å². The van der Waals surface area contributed by atoms with Crippen molar-refractivity contribution in [1.29, 1.82) is 0 Å². The summed E-state index contributed by atoms with van der Waals surface area (Å²) in [6.45, 7) is 7.21. The van der Waals surface area contributed by atoms with Gasteiger partial charge in [0.05, 0.1) is 0 Å². The first-order chi connectivity index (χ1) is 3.72. The molecule has 0 saturated carbocycles. The lowest BCUT2D eigenvalue weighted by atomic mass is 10.2. The molecule has 0 aromatic carbocycles. The largest absolute Gasteiger partial charge is 0.398 e. The second-order valence-electron chi connectivity index (χ2n) is 1.55. The summed E-state index contributed by atoms with van der Waals surface area (Å²) < 4.78 is 0. The highest BCUT2D eigenvalue weighted by atomic mass is 14.6. The molecule has 0 aromatic heterocycles. The van der Waals surface area contributed by atoms with Gasteiger partial charge >= 0.3 is 0 Å². The summed E-state index contributed by atoms with van der Waals surface area (Å²) in [5.41, 5.74) is 9.80. The van der Waals surface area contributed by atoms with Gasteiger partial charge in [-0.05, 0) is 13.8 Å². The van der Waals surface area contributed by atoms with Crippen LogP contribution in [0.15, 0.2) is 29.7 Å². The molecule has 0 unspecified atom stereocenters. The molecule has 0 radical (unpaired) electrons. The lowest BCUT2D eigenvalue weighted by Gasteiger charge is -1.92. The molecule has 0 amide bonds. The van der Waals surface area contributed by atoms with Crippen LogP contribution in [-0.2, 0) is 0 Å². The minimum absolute atomic E-state index is 0.750. The van der Waals surface area contributed by atoms with Crippen molar-refractivity contribution in [3.63, 3.8) is 0 Å². The van der Waals surface area contributed by atoms with E-state index in [9.17, 15) is 0 Å². The maximum absolute atomic E-state index is 5.45. The van der Waals surface area contributed by atoms with E-state index in [4.69, 9.17) is 5.73 Å². The van der Waals surface area contributed by atoms with Crippen LogP contribution in [0.2, 0.25) is 0 Å². The average molecular weight is 109 g/mol. The standard InChI is InChI=1S/C7H11N/c1-4-6(3)7(8)5-2/h5H,1,8H2,2-3H3. The molecule has 0 fully saturated rings. The zero-order valence-electron chi connectivity index (χ0n) is 5.36. The number of hydrogen-bond donors (Lipinski definition) is 1. The fourth-order valence-corrected chi connectivity index (χ4v) is 0.319. The molecule has 44 valence electrons. The Morgan fingerprint density at radius 3 is 2.38 bits per heavy atom. The van der Waals surface area contributed by atoms with Gasteiger partial charge in [-0.1, -0.05) is 12.7 Å². The van der Waals surface area contributed by atoms with Gasteiger partial charge in [-0.3, -0.25) is 0 Å². The first kappa shape index (κ1) is 7.06. The van der Waals surface area contributed by atoms with Crippen LogP contribution in [0.3, 0.4) is 0 Å². The summed E-state index contributed by atoms with van der Waals surface area (Å²) in [4.78, 5) is 0. The molecule has 0 heterocycles. The van der Waals surface area contributed by atoms with Crippen molar-refractivity contribution in [2.75, 3.05) is 0 Å². The Kier molecular flexibility index (Phi) is 2.75.